The van der Waals surface area contributed by atoms with Gasteiger partial charge in [-0.3, -0.25) is 9.78 Å². The van der Waals surface area contributed by atoms with Crippen molar-refractivity contribution in [1.29, 1.82) is 0 Å². The zero-order chi connectivity index (χ0) is 12.1. The van der Waals surface area contributed by atoms with E-state index in [0.717, 1.165) is 28.8 Å². The fourth-order valence-corrected chi connectivity index (χ4v) is 1.86. The number of carbonyl (C=O) groups excluding carboxylic acids is 1. The molecule has 3 heteroatoms. The summed E-state index contributed by atoms with van der Waals surface area (Å²) < 4.78 is 0. The summed E-state index contributed by atoms with van der Waals surface area (Å²) in [6, 6.07) is 2.02. The molecule has 16 heavy (non-hydrogen) atoms. The van der Waals surface area contributed by atoms with Crippen molar-refractivity contribution in [3.63, 3.8) is 0 Å². The number of rotatable bonds is 4. The summed E-state index contributed by atoms with van der Waals surface area (Å²) in [6.07, 6.45) is 4.63. The second-order valence-electron chi connectivity index (χ2n) is 3.73. The molecule has 1 aromatic rings. The Morgan fingerprint density at radius 3 is 2.75 bits per heavy atom. The first kappa shape index (κ1) is 13.1. The van der Waals surface area contributed by atoms with Crippen LogP contribution in [0.15, 0.2) is 18.3 Å². The van der Waals surface area contributed by atoms with Gasteiger partial charge in [0.05, 0.1) is 5.33 Å². The minimum absolute atomic E-state index is 0.109. The summed E-state index contributed by atoms with van der Waals surface area (Å²) in [5.74, 6) is 0.109. The van der Waals surface area contributed by atoms with Gasteiger partial charge in [-0.2, -0.15) is 0 Å². The van der Waals surface area contributed by atoms with E-state index in [9.17, 15) is 4.79 Å². The molecule has 0 fully saturated rings. The van der Waals surface area contributed by atoms with Crippen LogP contribution < -0.4 is 0 Å². The number of nitrogens with zero attached hydrogens (tertiary/aromatic N) is 1. The molecule has 0 unspecified atom stereocenters. The van der Waals surface area contributed by atoms with Gasteiger partial charge in [0.25, 0.3) is 0 Å². The highest BCUT2D eigenvalue weighted by molar-refractivity contribution is 9.09. The molecule has 0 radical (unpaired) electrons. The van der Waals surface area contributed by atoms with Gasteiger partial charge < -0.3 is 0 Å². The van der Waals surface area contributed by atoms with Crippen LogP contribution in [-0.4, -0.2) is 16.1 Å². The number of carbonyl (C=O) groups is 1. The van der Waals surface area contributed by atoms with E-state index >= 15 is 0 Å². The Labute approximate surface area is 105 Å². The number of pyridine rings is 1. The molecule has 0 aliphatic heterocycles. The number of halogens is 1. The Bertz CT molecular complexity index is 424. The summed E-state index contributed by atoms with van der Waals surface area (Å²) >= 11 is 3.21. The third-order valence-corrected chi connectivity index (χ3v) is 2.85. The average molecular weight is 282 g/mol. The molecule has 0 saturated carbocycles. The van der Waals surface area contributed by atoms with E-state index in [1.165, 1.54) is 0 Å². The molecule has 0 aromatic carbocycles. The smallest absolute Gasteiger partial charge is 0.173 e. The Morgan fingerprint density at radius 1 is 1.50 bits per heavy atom. The zero-order valence-corrected chi connectivity index (χ0v) is 11.5. The maximum atomic E-state index is 11.8. The van der Waals surface area contributed by atoms with Crippen LogP contribution in [0.1, 0.15) is 30.2 Å². The Hall–Kier alpha value is -0.960. The van der Waals surface area contributed by atoms with Crippen molar-refractivity contribution in [3.05, 3.63) is 35.2 Å². The van der Waals surface area contributed by atoms with Crippen LogP contribution in [0.5, 0.6) is 0 Å². The third kappa shape index (κ3) is 3.01. The maximum Gasteiger partial charge on any atom is 0.173 e. The van der Waals surface area contributed by atoms with Crippen LogP contribution in [0.3, 0.4) is 0 Å². The monoisotopic (exact) mass is 281 g/mol. The lowest BCUT2D eigenvalue weighted by Crippen LogP contribution is -2.05. The van der Waals surface area contributed by atoms with E-state index in [1.807, 2.05) is 39.1 Å². The SMILES string of the molecule is CC/C=C(/C(=O)CBr)c1cc(C)cnc1C. The largest absolute Gasteiger partial charge is 0.293 e. The minimum Gasteiger partial charge on any atom is -0.293 e. The number of allylic oxidation sites excluding steroid dienone is 2. The molecule has 2 nitrogen and oxygen atoms in total. The van der Waals surface area contributed by atoms with Crippen molar-refractivity contribution < 1.29 is 4.79 Å². The number of Topliss-reactive ketones (excluding diaryl/α,β-unsaturated/α-hetero) is 1. The van der Waals surface area contributed by atoms with Crippen LogP contribution in [0.4, 0.5) is 0 Å². The highest BCUT2D eigenvalue weighted by Crippen LogP contribution is 2.21. The fourth-order valence-electron chi connectivity index (χ4n) is 1.56. The standard InChI is InChI=1S/C13H16BrNO/c1-4-5-11(13(16)7-14)12-6-9(2)8-15-10(12)3/h5-6,8H,4,7H2,1-3H3/b11-5+. The number of alkyl halides is 1. The summed E-state index contributed by atoms with van der Waals surface area (Å²) in [5, 5.41) is 0.353. The van der Waals surface area contributed by atoms with Gasteiger partial charge in [0.1, 0.15) is 0 Å². The second-order valence-corrected chi connectivity index (χ2v) is 4.29. The van der Waals surface area contributed by atoms with Crippen molar-refractivity contribution in [2.45, 2.75) is 27.2 Å². The van der Waals surface area contributed by atoms with Crippen molar-refractivity contribution in [1.82, 2.24) is 4.98 Å². The summed E-state index contributed by atoms with van der Waals surface area (Å²) in [4.78, 5) is 16.1. The van der Waals surface area contributed by atoms with Gasteiger partial charge in [-0.1, -0.05) is 28.9 Å². The lowest BCUT2D eigenvalue weighted by molar-refractivity contribution is -0.111. The number of ketones is 1. The van der Waals surface area contributed by atoms with Crippen molar-refractivity contribution >= 4 is 27.3 Å². The minimum atomic E-state index is 0.109. The molecule has 1 aromatic heterocycles. The van der Waals surface area contributed by atoms with Crippen molar-refractivity contribution in [3.8, 4) is 0 Å². The highest BCUT2D eigenvalue weighted by Gasteiger charge is 2.13. The van der Waals surface area contributed by atoms with Gasteiger partial charge in [-0.25, -0.2) is 0 Å². The Balaban J connectivity index is 3.26. The van der Waals surface area contributed by atoms with Crippen LogP contribution in [0.2, 0.25) is 0 Å². The van der Waals surface area contributed by atoms with Crippen LogP contribution in [-0.2, 0) is 4.79 Å². The molecule has 0 spiro atoms. The molecular formula is C13H16BrNO. The number of hydrogen-bond acceptors (Lipinski definition) is 2. The fraction of sp³-hybridized carbons (Fsp3) is 0.385. The summed E-state index contributed by atoms with van der Waals surface area (Å²) in [7, 11) is 0. The predicted octanol–water partition coefficient (Wildman–Crippen LogP) is 3.46. The Morgan fingerprint density at radius 2 is 2.19 bits per heavy atom. The van der Waals surface area contributed by atoms with Gasteiger partial charge in [0.2, 0.25) is 0 Å². The van der Waals surface area contributed by atoms with Crippen LogP contribution in [0.25, 0.3) is 5.57 Å². The quantitative estimate of drug-likeness (QED) is 0.625. The van der Waals surface area contributed by atoms with Gasteiger partial charge in [0.15, 0.2) is 5.78 Å². The van der Waals surface area contributed by atoms with E-state index in [0.29, 0.717) is 5.33 Å². The molecule has 0 N–H and O–H groups in total. The molecule has 0 saturated heterocycles. The predicted molar refractivity (Wildman–Crippen MR) is 70.8 cm³/mol. The molecule has 1 rings (SSSR count). The highest BCUT2D eigenvalue weighted by atomic mass is 79.9. The van der Waals surface area contributed by atoms with Gasteiger partial charge >= 0.3 is 0 Å². The third-order valence-electron chi connectivity index (χ3n) is 2.34. The molecule has 0 atom stereocenters. The van der Waals surface area contributed by atoms with E-state index in [-0.39, 0.29) is 5.78 Å². The Kier molecular flexibility index (Phi) is 4.87. The summed E-state index contributed by atoms with van der Waals surface area (Å²) in [6.45, 7) is 5.94. The normalized spacial score (nSPS) is 11.6. The molecular weight excluding hydrogens is 266 g/mol. The van der Waals surface area contributed by atoms with E-state index in [4.69, 9.17) is 0 Å². The first-order valence-electron chi connectivity index (χ1n) is 5.33. The summed E-state index contributed by atoms with van der Waals surface area (Å²) in [5.41, 5.74) is 3.70. The lowest BCUT2D eigenvalue weighted by atomic mass is 9.99. The second kappa shape index (κ2) is 5.94. The van der Waals surface area contributed by atoms with Gasteiger partial charge in [0, 0.05) is 23.0 Å². The molecule has 0 bridgehead atoms. The van der Waals surface area contributed by atoms with Crippen LogP contribution >= 0.6 is 15.9 Å². The van der Waals surface area contributed by atoms with Crippen molar-refractivity contribution in [2.24, 2.45) is 0 Å². The lowest BCUT2D eigenvalue weighted by Gasteiger charge is -2.09. The van der Waals surface area contributed by atoms with E-state index < -0.39 is 0 Å². The number of aryl methyl sites for hydroxylation is 2. The van der Waals surface area contributed by atoms with Crippen LogP contribution in [0, 0.1) is 13.8 Å². The van der Waals surface area contributed by atoms with E-state index in [1.54, 1.807) is 0 Å². The topological polar surface area (TPSA) is 30.0 Å². The molecule has 0 aliphatic rings. The zero-order valence-electron chi connectivity index (χ0n) is 9.88. The molecule has 1 heterocycles. The molecule has 0 amide bonds. The molecule has 86 valence electrons. The first-order chi connectivity index (χ1) is 7.60. The maximum absolute atomic E-state index is 11.8. The average Bonchev–Trinajstić information content (AvgIpc) is 2.28. The van der Waals surface area contributed by atoms with Gasteiger partial charge in [-0.05, 0) is 31.9 Å². The van der Waals surface area contributed by atoms with E-state index in [2.05, 4.69) is 20.9 Å². The number of aromatic nitrogens is 1. The molecule has 0 aliphatic carbocycles. The number of hydrogen-bond donors (Lipinski definition) is 0. The van der Waals surface area contributed by atoms with Crippen molar-refractivity contribution in [2.75, 3.05) is 5.33 Å². The van der Waals surface area contributed by atoms with Gasteiger partial charge in [-0.15, -0.1) is 0 Å². The first-order valence-corrected chi connectivity index (χ1v) is 6.45.